The summed E-state index contributed by atoms with van der Waals surface area (Å²) in [5, 5.41) is 1.75. The number of hydrogen-bond donors (Lipinski definition) is 0. The maximum atomic E-state index is 5.93. The topological polar surface area (TPSA) is 9.23 Å². The second kappa shape index (κ2) is 6.91. The van der Waals surface area contributed by atoms with E-state index in [0.29, 0.717) is 0 Å². The van der Waals surface area contributed by atoms with Gasteiger partial charge in [0.15, 0.2) is 0 Å². The molecule has 82 valence electrons. The summed E-state index contributed by atoms with van der Waals surface area (Å²) in [6, 6.07) is 5.68. The van der Waals surface area contributed by atoms with E-state index in [1.807, 2.05) is 18.2 Å². The molecule has 0 saturated heterocycles. The minimum Gasteiger partial charge on any atom is -0.496 e. The lowest BCUT2D eigenvalue weighted by Crippen LogP contribution is -1.90. The van der Waals surface area contributed by atoms with Crippen LogP contribution in [-0.4, -0.2) is 12.4 Å². The van der Waals surface area contributed by atoms with Crippen molar-refractivity contribution in [3.8, 4) is 5.75 Å². The van der Waals surface area contributed by atoms with Crippen LogP contribution in [0.1, 0.15) is 12.0 Å². The number of alkyl halides is 1. The molecule has 1 nitrogen and oxygen atoms in total. The zero-order valence-electron chi connectivity index (χ0n) is 8.67. The van der Waals surface area contributed by atoms with E-state index in [1.54, 1.807) is 7.11 Å². The first-order valence-electron chi connectivity index (χ1n) is 4.81. The normalized spacial score (nSPS) is 10.9. The smallest absolute Gasteiger partial charge is 0.122 e. The molecule has 0 aliphatic heterocycles. The molecular weight excluding hydrogens is 275 g/mol. The Morgan fingerprint density at radius 3 is 2.87 bits per heavy atom. The Balaban J connectivity index is 2.69. The molecule has 3 heteroatoms. The van der Waals surface area contributed by atoms with Crippen molar-refractivity contribution >= 4 is 27.5 Å². The van der Waals surface area contributed by atoms with E-state index in [2.05, 4.69) is 28.1 Å². The number of allylic oxidation sites excluding steroid dienone is 2. The molecule has 0 aliphatic carbocycles. The molecule has 0 heterocycles. The number of halogens is 2. The summed E-state index contributed by atoms with van der Waals surface area (Å²) in [4.78, 5) is 0. The van der Waals surface area contributed by atoms with Gasteiger partial charge < -0.3 is 4.74 Å². The monoisotopic (exact) mass is 288 g/mol. The van der Waals surface area contributed by atoms with Gasteiger partial charge in [-0.3, -0.25) is 0 Å². The van der Waals surface area contributed by atoms with Crippen molar-refractivity contribution in [2.45, 2.75) is 12.8 Å². The van der Waals surface area contributed by atoms with Crippen LogP contribution in [0.5, 0.6) is 5.75 Å². The SMILES string of the molecule is COc1ccc(Cl)cc1CC=CCCBr. The van der Waals surface area contributed by atoms with E-state index < -0.39 is 0 Å². The minimum atomic E-state index is 0.750. The number of benzene rings is 1. The summed E-state index contributed by atoms with van der Waals surface area (Å²) in [7, 11) is 1.68. The fourth-order valence-corrected chi connectivity index (χ4v) is 1.76. The second-order valence-electron chi connectivity index (χ2n) is 3.11. The Hall–Kier alpha value is -0.470. The number of methoxy groups -OCH3 is 1. The summed E-state index contributed by atoms with van der Waals surface area (Å²) in [5.41, 5.74) is 1.12. The molecule has 0 spiro atoms. The zero-order valence-corrected chi connectivity index (χ0v) is 11.0. The molecule has 0 aromatic heterocycles. The highest BCUT2D eigenvalue weighted by Crippen LogP contribution is 2.23. The lowest BCUT2D eigenvalue weighted by Gasteiger charge is -2.06. The van der Waals surface area contributed by atoms with Gasteiger partial charge in [-0.25, -0.2) is 0 Å². The Morgan fingerprint density at radius 1 is 1.40 bits per heavy atom. The van der Waals surface area contributed by atoms with Gasteiger partial charge in [0.2, 0.25) is 0 Å². The van der Waals surface area contributed by atoms with Crippen LogP contribution in [0.25, 0.3) is 0 Å². The van der Waals surface area contributed by atoms with E-state index in [4.69, 9.17) is 16.3 Å². The number of hydrogen-bond acceptors (Lipinski definition) is 1. The Kier molecular flexibility index (Phi) is 5.81. The van der Waals surface area contributed by atoms with Crippen molar-refractivity contribution in [3.05, 3.63) is 40.9 Å². The number of rotatable bonds is 5. The molecule has 0 unspecified atom stereocenters. The maximum absolute atomic E-state index is 5.93. The van der Waals surface area contributed by atoms with Gasteiger partial charge in [-0.15, -0.1) is 0 Å². The van der Waals surface area contributed by atoms with Gasteiger partial charge in [-0.1, -0.05) is 39.7 Å². The van der Waals surface area contributed by atoms with E-state index >= 15 is 0 Å². The van der Waals surface area contributed by atoms with Crippen LogP contribution in [0.3, 0.4) is 0 Å². The lowest BCUT2D eigenvalue weighted by atomic mass is 10.1. The van der Waals surface area contributed by atoms with Crippen molar-refractivity contribution in [1.82, 2.24) is 0 Å². The summed E-state index contributed by atoms with van der Waals surface area (Å²) in [6.45, 7) is 0. The van der Waals surface area contributed by atoms with Crippen LogP contribution in [0.2, 0.25) is 5.02 Å². The van der Waals surface area contributed by atoms with Crippen molar-refractivity contribution < 1.29 is 4.74 Å². The summed E-state index contributed by atoms with van der Waals surface area (Å²) >= 11 is 9.31. The first-order valence-corrected chi connectivity index (χ1v) is 6.31. The average molecular weight is 290 g/mol. The molecule has 0 radical (unpaired) electrons. The van der Waals surface area contributed by atoms with Gasteiger partial charge in [-0.2, -0.15) is 0 Å². The molecule has 0 N–H and O–H groups in total. The van der Waals surface area contributed by atoms with Crippen molar-refractivity contribution in [1.29, 1.82) is 0 Å². The summed E-state index contributed by atoms with van der Waals surface area (Å²) in [6.07, 6.45) is 6.18. The molecule has 1 rings (SSSR count). The third kappa shape index (κ3) is 4.27. The predicted molar refractivity (Wildman–Crippen MR) is 69.3 cm³/mol. The van der Waals surface area contributed by atoms with Crippen molar-refractivity contribution in [2.24, 2.45) is 0 Å². The third-order valence-electron chi connectivity index (χ3n) is 2.02. The molecule has 0 atom stereocenters. The molecule has 15 heavy (non-hydrogen) atoms. The quantitative estimate of drug-likeness (QED) is 0.582. The van der Waals surface area contributed by atoms with E-state index in [0.717, 1.165) is 34.5 Å². The van der Waals surface area contributed by atoms with Crippen LogP contribution in [-0.2, 0) is 6.42 Å². The molecule has 0 saturated carbocycles. The minimum absolute atomic E-state index is 0.750. The van der Waals surface area contributed by atoms with Gasteiger partial charge >= 0.3 is 0 Å². The Morgan fingerprint density at radius 2 is 2.20 bits per heavy atom. The van der Waals surface area contributed by atoms with Crippen LogP contribution < -0.4 is 4.74 Å². The summed E-state index contributed by atoms with van der Waals surface area (Å²) < 4.78 is 5.26. The average Bonchev–Trinajstić information content (AvgIpc) is 2.25. The van der Waals surface area contributed by atoms with Crippen LogP contribution >= 0.6 is 27.5 Å². The van der Waals surface area contributed by atoms with E-state index in [9.17, 15) is 0 Å². The highest BCUT2D eigenvalue weighted by molar-refractivity contribution is 9.09. The molecule has 0 bridgehead atoms. The van der Waals surface area contributed by atoms with E-state index in [-0.39, 0.29) is 0 Å². The molecule has 1 aromatic carbocycles. The van der Waals surface area contributed by atoms with Gasteiger partial charge in [0, 0.05) is 10.4 Å². The Labute approximate surface area is 104 Å². The van der Waals surface area contributed by atoms with Gasteiger partial charge in [-0.05, 0) is 36.6 Å². The maximum Gasteiger partial charge on any atom is 0.122 e. The fraction of sp³-hybridized carbons (Fsp3) is 0.333. The van der Waals surface area contributed by atoms with Crippen LogP contribution in [0.4, 0.5) is 0 Å². The Bertz CT molecular complexity index is 336. The molecule has 1 aromatic rings. The zero-order chi connectivity index (χ0) is 11.1. The first kappa shape index (κ1) is 12.6. The highest BCUT2D eigenvalue weighted by Gasteiger charge is 2.01. The molecule has 0 amide bonds. The summed E-state index contributed by atoms with van der Waals surface area (Å²) in [5.74, 6) is 0.892. The van der Waals surface area contributed by atoms with Gasteiger partial charge in [0.05, 0.1) is 7.11 Å². The number of ether oxygens (including phenoxy) is 1. The fourth-order valence-electron chi connectivity index (χ4n) is 1.30. The largest absolute Gasteiger partial charge is 0.496 e. The van der Waals surface area contributed by atoms with Crippen LogP contribution in [0.15, 0.2) is 30.4 Å². The predicted octanol–water partition coefficient (Wildman–Crippen LogP) is 4.23. The van der Waals surface area contributed by atoms with Gasteiger partial charge in [0.1, 0.15) is 5.75 Å². The van der Waals surface area contributed by atoms with Crippen molar-refractivity contribution in [3.63, 3.8) is 0 Å². The third-order valence-corrected chi connectivity index (χ3v) is 2.72. The second-order valence-corrected chi connectivity index (χ2v) is 4.34. The van der Waals surface area contributed by atoms with Crippen molar-refractivity contribution in [2.75, 3.05) is 12.4 Å². The molecular formula is C12H14BrClO. The van der Waals surface area contributed by atoms with E-state index in [1.165, 1.54) is 0 Å². The standard InChI is InChI=1S/C12H14BrClO/c1-15-12-7-6-11(14)9-10(12)5-3-2-4-8-13/h2-3,6-7,9H,4-5,8H2,1H3. The lowest BCUT2D eigenvalue weighted by molar-refractivity contribution is 0.410. The van der Waals surface area contributed by atoms with Gasteiger partial charge in [0.25, 0.3) is 0 Å². The molecule has 0 fully saturated rings. The first-order chi connectivity index (χ1) is 7.27. The molecule has 0 aliphatic rings. The van der Waals surface area contributed by atoms with Crippen LogP contribution in [0, 0.1) is 0 Å². The highest BCUT2D eigenvalue weighted by atomic mass is 79.9.